The summed E-state index contributed by atoms with van der Waals surface area (Å²) in [7, 11) is 0. The molecule has 1 fully saturated rings. The lowest BCUT2D eigenvalue weighted by Gasteiger charge is -2.24. The Balaban J connectivity index is 1.86. The smallest absolute Gasteiger partial charge is 0.238 e. The Kier molecular flexibility index (Phi) is 4.04. The zero-order valence-electron chi connectivity index (χ0n) is 9.99. The van der Waals surface area contributed by atoms with Crippen molar-refractivity contribution in [3.63, 3.8) is 0 Å². The maximum atomic E-state index is 12.9. The first-order chi connectivity index (χ1) is 8.63. The molecule has 0 aliphatic carbocycles. The van der Waals surface area contributed by atoms with Crippen molar-refractivity contribution >= 4 is 17.4 Å². The van der Waals surface area contributed by atoms with E-state index in [-0.39, 0.29) is 24.1 Å². The topological polar surface area (TPSA) is 49.4 Å². The van der Waals surface area contributed by atoms with Gasteiger partial charge in [-0.3, -0.25) is 14.5 Å². The summed E-state index contributed by atoms with van der Waals surface area (Å²) in [5.74, 6) is -0.448. The van der Waals surface area contributed by atoms with Crippen LogP contribution in [0.25, 0.3) is 0 Å². The summed E-state index contributed by atoms with van der Waals surface area (Å²) in [6.45, 7) is 1.25. The van der Waals surface area contributed by atoms with Gasteiger partial charge >= 0.3 is 0 Å². The highest BCUT2D eigenvalue weighted by Crippen LogP contribution is 2.10. The fourth-order valence-corrected chi connectivity index (χ4v) is 2.01. The number of hydrogen-bond donors (Lipinski definition) is 1. The van der Waals surface area contributed by atoms with Gasteiger partial charge in [0.1, 0.15) is 11.6 Å². The molecule has 0 saturated carbocycles. The first-order valence-electron chi connectivity index (χ1n) is 5.93. The summed E-state index contributed by atoms with van der Waals surface area (Å²) in [5, 5.41) is 2.61. The van der Waals surface area contributed by atoms with Crippen molar-refractivity contribution in [3.05, 3.63) is 30.1 Å². The zero-order valence-corrected chi connectivity index (χ0v) is 9.99. The molecule has 1 heterocycles. The van der Waals surface area contributed by atoms with E-state index in [1.54, 1.807) is 11.0 Å². The number of likely N-dealkylation sites (tertiary alicyclic amines) is 1. The van der Waals surface area contributed by atoms with Crippen LogP contribution in [0.4, 0.5) is 10.1 Å². The van der Waals surface area contributed by atoms with E-state index in [1.807, 2.05) is 0 Å². The van der Waals surface area contributed by atoms with E-state index in [0.717, 1.165) is 13.0 Å². The molecule has 1 aromatic rings. The number of carbonyl (C=O) groups excluding carboxylic acids is 2. The Labute approximate surface area is 105 Å². The van der Waals surface area contributed by atoms with Gasteiger partial charge in [-0.2, -0.15) is 0 Å². The minimum absolute atomic E-state index is 0.166. The molecule has 1 aromatic carbocycles. The fraction of sp³-hybridized carbons (Fsp3) is 0.385. The van der Waals surface area contributed by atoms with Gasteiger partial charge in [0, 0.05) is 12.1 Å². The largest absolute Gasteiger partial charge is 0.325 e. The maximum Gasteiger partial charge on any atom is 0.238 e. The Bertz CT molecular complexity index is 462. The number of nitrogens with one attached hydrogen (secondary N) is 1. The SMILES string of the molecule is O=C1CCCN(CC(=O)Nc2cccc(F)c2)C1. The standard InChI is InChI=1S/C13H15FN2O2/c14-10-3-1-4-11(7-10)15-13(18)9-16-6-2-5-12(17)8-16/h1,3-4,7H,2,5-6,8-9H2,(H,15,18). The van der Waals surface area contributed by atoms with Crippen molar-refractivity contribution in [2.45, 2.75) is 12.8 Å². The fourth-order valence-electron chi connectivity index (χ4n) is 2.01. The molecule has 0 aromatic heterocycles. The van der Waals surface area contributed by atoms with E-state index in [0.29, 0.717) is 18.7 Å². The van der Waals surface area contributed by atoms with Crippen LogP contribution in [0.1, 0.15) is 12.8 Å². The van der Waals surface area contributed by atoms with Crippen molar-refractivity contribution in [2.24, 2.45) is 0 Å². The summed E-state index contributed by atoms with van der Waals surface area (Å²) in [6, 6.07) is 5.75. The molecule has 1 aliphatic heterocycles. The van der Waals surface area contributed by atoms with E-state index >= 15 is 0 Å². The summed E-state index contributed by atoms with van der Waals surface area (Å²) in [4.78, 5) is 24.8. The van der Waals surface area contributed by atoms with Gasteiger partial charge in [0.2, 0.25) is 5.91 Å². The summed E-state index contributed by atoms with van der Waals surface area (Å²) in [5.41, 5.74) is 0.434. The average molecular weight is 250 g/mol. The molecular weight excluding hydrogens is 235 g/mol. The molecule has 0 bridgehead atoms. The minimum atomic E-state index is -0.388. The average Bonchev–Trinajstić information content (AvgIpc) is 2.28. The summed E-state index contributed by atoms with van der Waals surface area (Å²) >= 11 is 0. The predicted molar refractivity (Wildman–Crippen MR) is 65.7 cm³/mol. The van der Waals surface area contributed by atoms with Gasteiger partial charge in [0.15, 0.2) is 0 Å². The Morgan fingerprint density at radius 1 is 1.44 bits per heavy atom. The number of benzene rings is 1. The maximum absolute atomic E-state index is 12.9. The summed E-state index contributed by atoms with van der Waals surface area (Å²) in [6.07, 6.45) is 1.40. The van der Waals surface area contributed by atoms with Crippen molar-refractivity contribution in [3.8, 4) is 0 Å². The second-order valence-corrected chi connectivity index (χ2v) is 4.41. The van der Waals surface area contributed by atoms with Crippen molar-refractivity contribution in [1.29, 1.82) is 0 Å². The van der Waals surface area contributed by atoms with Gasteiger partial charge < -0.3 is 5.32 Å². The van der Waals surface area contributed by atoms with E-state index in [9.17, 15) is 14.0 Å². The quantitative estimate of drug-likeness (QED) is 0.882. The lowest BCUT2D eigenvalue weighted by molar-refractivity contribution is -0.123. The number of anilines is 1. The number of amides is 1. The Hall–Kier alpha value is -1.75. The third-order valence-electron chi connectivity index (χ3n) is 2.81. The predicted octanol–water partition coefficient (Wildman–Crippen LogP) is 1.43. The molecule has 1 N–H and O–H groups in total. The zero-order chi connectivity index (χ0) is 13.0. The van der Waals surface area contributed by atoms with E-state index in [1.165, 1.54) is 18.2 Å². The highest BCUT2D eigenvalue weighted by molar-refractivity contribution is 5.92. The van der Waals surface area contributed by atoms with E-state index in [4.69, 9.17) is 0 Å². The van der Waals surface area contributed by atoms with Crippen LogP contribution in [-0.4, -0.2) is 36.2 Å². The second kappa shape index (κ2) is 5.73. The molecule has 0 radical (unpaired) electrons. The van der Waals surface area contributed by atoms with E-state index < -0.39 is 0 Å². The first kappa shape index (κ1) is 12.7. The van der Waals surface area contributed by atoms with Gasteiger partial charge in [0.25, 0.3) is 0 Å². The number of hydrogen-bond acceptors (Lipinski definition) is 3. The molecule has 1 amide bonds. The Morgan fingerprint density at radius 2 is 2.28 bits per heavy atom. The van der Waals surface area contributed by atoms with Crippen molar-refractivity contribution in [1.82, 2.24) is 4.90 Å². The molecule has 1 aliphatic rings. The van der Waals surface area contributed by atoms with Crippen LogP contribution in [0.5, 0.6) is 0 Å². The first-order valence-corrected chi connectivity index (χ1v) is 5.93. The minimum Gasteiger partial charge on any atom is -0.325 e. The van der Waals surface area contributed by atoms with Crippen LogP contribution in [-0.2, 0) is 9.59 Å². The molecule has 0 atom stereocenters. The van der Waals surface area contributed by atoms with Gasteiger partial charge in [-0.15, -0.1) is 0 Å². The van der Waals surface area contributed by atoms with Crippen molar-refractivity contribution in [2.75, 3.05) is 25.0 Å². The lowest BCUT2D eigenvalue weighted by Crippen LogP contribution is -2.40. The van der Waals surface area contributed by atoms with Gasteiger partial charge in [-0.1, -0.05) is 6.07 Å². The highest BCUT2D eigenvalue weighted by Gasteiger charge is 2.18. The van der Waals surface area contributed by atoms with E-state index in [2.05, 4.69) is 5.32 Å². The summed E-state index contributed by atoms with van der Waals surface area (Å²) < 4.78 is 12.9. The number of Topliss-reactive ketones (excluding diaryl/α,β-unsaturated/α-hetero) is 1. The number of rotatable bonds is 3. The number of carbonyl (C=O) groups is 2. The van der Waals surface area contributed by atoms with Crippen LogP contribution in [0, 0.1) is 5.82 Å². The number of halogens is 1. The third-order valence-corrected chi connectivity index (χ3v) is 2.81. The number of nitrogens with zero attached hydrogens (tertiary/aromatic N) is 1. The molecule has 2 rings (SSSR count). The number of piperidine rings is 1. The van der Waals surface area contributed by atoms with Crippen LogP contribution < -0.4 is 5.32 Å². The van der Waals surface area contributed by atoms with Crippen LogP contribution in [0.2, 0.25) is 0 Å². The van der Waals surface area contributed by atoms with Crippen LogP contribution in [0.3, 0.4) is 0 Å². The third kappa shape index (κ3) is 3.63. The lowest BCUT2D eigenvalue weighted by atomic mass is 10.1. The molecule has 0 spiro atoms. The van der Waals surface area contributed by atoms with Crippen LogP contribution >= 0.6 is 0 Å². The van der Waals surface area contributed by atoms with Gasteiger partial charge in [-0.25, -0.2) is 4.39 Å². The highest BCUT2D eigenvalue weighted by atomic mass is 19.1. The molecule has 5 heteroatoms. The van der Waals surface area contributed by atoms with Gasteiger partial charge in [0.05, 0.1) is 13.1 Å². The Morgan fingerprint density at radius 3 is 3.00 bits per heavy atom. The number of ketones is 1. The second-order valence-electron chi connectivity index (χ2n) is 4.41. The normalized spacial score (nSPS) is 16.6. The molecular formula is C13H15FN2O2. The molecule has 1 saturated heterocycles. The molecule has 0 unspecified atom stereocenters. The molecule has 4 nitrogen and oxygen atoms in total. The van der Waals surface area contributed by atoms with Gasteiger partial charge in [-0.05, 0) is 31.2 Å². The van der Waals surface area contributed by atoms with Crippen LogP contribution in [0.15, 0.2) is 24.3 Å². The van der Waals surface area contributed by atoms with Crippen molar-refractivity contribution < 1.29 is 14.0 Å². The monoisotopic (exact) mass is 250 g/mol. The molecule has 96 valence electrons. The molecule has 18 heavy (non-hydrogen) atoms.